The molecule has 30 heavy (non-hydrogen) atoms. The van der Waals surface area contributed by atoms with Crippen LogP contribution < -0.4 is 15.4 Å². The van der Waals surface area contributed by atoms with Crippen molar-refractivity contribution in [2.75, 3.05) is 10.6 Å². The predicted molar refractivity (Wildman–Crippen MR) is 115 cm³/mol. The molecule has 3 N–H and O–H groups in total. The molecule has 4 aromatic rings. The summed E-state index contributed by atoms with van der Waals surface area (Å²) in [5, 5.41) is 15.4. The van der Waals surface area contributed by atoms with Crippen LogP contribution in [0.1, 0.15) is 10.4 Å². The Morgan fingerprint density at radius 1 is 0.867 bits per heavy atom. The molecular weight excluding hydrogens is 380 g/mol. The first-order chi connectivity index (χ1) is 14.7. The van der Waals surface area contributed by atoms with E-state index in [4.69, 9.17) is 9.84 Å². The molecule has 0 aliphatic rings. The van der Waals surface area contributed by atoms with Crippen molar-refractivity contribution in [2.45, 2.75) is 0 Å². The highest BCUT2D eigenvalue weighted by atomic mass is 16.5. The van der Waals surface area contributed by atoms with Crippen LogP contribution in [0, 0.1) is 0 Å². The summed E-state index contributed by atoms with van der Waals surface area (Å²) in [6, 6.07) is 25.2. The summed E-state index contributed by atoms with van der Waals surface area (Å²) >= 11 is 0. The Morgan fingerprint density at radius 2 is 1.67 bits per heavy atom. The average molecular weight is 398 g/mol. The number of carboxylic acids is 1. The lowest BCUT2D eigenvalue weighted by Crippen LogP contribution is -2.02. The van der Waals surface area contributed by atoms with Crippen molar-refractivity contribution in [1.82, 2.24) is 9.97 Å². The molecule has 4 rings (SSSR count). The van der Waals surface area contributed by atoms with E-state index in [1.807, 2.05) is 54.6 Å². The van der Waals surface area contributed by atoms with E-state index in [1.165, 1.54) is 6.07 Å². The number of rotatable bonds is 7. The molecule has 0 aliphatic carbocycles. The molecule has 0 saturated heterocycles. The molecule has 7 heteroatoms. The van der Waals surface area contributed by atoms with E-state index < -0.39 is 5.97 Å². The van der Waals surface area contributed by atoms with Crippen LogP contribution in [-0.4, -0.2) is 21.0 Å². The Balaban J connectivity index is 1.53. The number of hydrogen-bond acceptors (Lipinski definition) is 6. The molecule has 0 unspecified atom stereocenters. The zero-order valence-corrected chi connectivity index (χ0v) is 15.8. The molecule has 7 nitrogen and oxygen atoms in total. The minimum Gasteiger partial charge on any atom is -0.478 e. The second kappa shape index (κ2) is 8.74. The number of aromatic carboxylic acids is 1. The topological polar surface area (TPSA) is 96.4 Å². The van der Waals surface area contributed by atoms with E-state index >= 15 is 0 Å². The van der Waals surface area contributed by atoms with Gasteiger partial charge in [0.1, 0.15) is 11.6 Å². The van der Waals surface area contributed by atoms with Gasteiger partial charge < -0.3 is 20.5 Å². The number of nitrogens with one attached hydrogen (secondary N) is 2. The summed E-state index contributed by atoms with van der Waals surface area (Å²) in [5.74, 6) is 1.27. The number of hydrogen-bond donors (Lipinski definition) is 3. The lowest BCUT2D eigenvalue weighted by molar-refractivity contribution is 0.0697. The van der Waals surface area contributed by atoms with Gasteiger partial charge >= 0.3 is 5.97 Å². The molecule has 3 aromatic carbocycles. The van der Waals surface area contributed by atoms with Gasteiger partial charge in [-0.3, -0.25) is 0 Å². The number of carbonyl (C=O) groups is 1. The molecule has 0 bridgehead atoms. The van der Waals surface area contributed by atoms with Crippen molar-refractivity contribution < 1.29 is 14.6 Å². The van der Waals surface area contributed by atoms with Gasteiger partial charge in [-0.15, -0.1) is 0 Å². The number of ether oxygens (including phenoxy) is 1. The predicted octanol–water partition coefficient (Wildman–Crippen LogP) is 5.45. The van der Waals surface area contributed by atoms with Crippen molar-refractivity contribution >= 4 is 29.1 Å². The maximum Gasteiger partial charge on any atom is 0.335 e. The lowest BCUT2D eigenvalue weighted by atomic mass is 10.2. The lowest BCUT2D eigenvalue weighted by Gasteiger charge is -2.13. The number of carboxylic acid groups (broad SMARTS) is 1. The fourth-order valence-corrected chi connectivity index (χ4v) is 2.76. The van der Waals surface area contributed by atoms with Crippen molar-refractivity contribution in [3.63, 3.8) is 0 Å². The molecule has 1 heterocycles. The van der Waals surface area contributed by atoms with Crippen molar-refractivity contribution in [3.8, 4) is 11.5 Å². The highest BCUT2D eigenvalue weighted by molar-refractivity contribution is 5.89. The molecule has 0 atom stereocenters. The second-order valence-corrected chi connectivity index (χ2v) is 6.31. The van der Waals surface area contributed by atoms with Gasteiger partial charge in [-0.1, -0.05) is 36.4 Å². The van der Waals surface area contributed by atoms with Crippen LogP contribution in [-0.2, 0) is 0 Å². The Kier molecular flexibility index (Phi) is 5.52. The monoisotopic (exact) mass is 398 g/mol. The van der Waals surface area contributed by atoms with Crippen LogP contribution >= 0.6 is 0 Å². The standard InChI is InChI=1S/C23H18N4O3/c28-22(29)16-7-6-8-17(15-16)25-21-13-14-24-23(27-21)26-19-11-4-5-12-20(19)30-18-9-2-1-3-10-18/h1-15H,(H,28,29)(H2,24,25,26,27). The Bertz CT molecular complexity index is 1170. The Labute approximate surface area is 173 Å². The molecule has 0 aliphatic heterocycles. The molecule has 0 radical (unpaired) electrons. The normalized spacial score (nSPS) is 10.3. The average Bonchev–Trinajstić information content (AvgIpc) is 2.76. The van der Waals surface area contributed by atoms with E-state index in [9.17, 15) is 4.79 Å². The summed E-state index contributed by atoms with van der Waals surface area (Å²) in [6.07, 6.45) is 1.61. The molecular formula is C23H18N4O3. The van der Waals surface area contributed by atoms with Gasteiger partial charge in [-0.25, -0.2) is 9.78 Å². The summed E-state index contributed by atoms with van der Waals surface area (Å²) in [4.78, 5) is 19.9. The number of aromatic nitrogens is 2. The smallest absolute Gasteiger partial charge is 0.335 e. The van der Waals surface area contributed by atoms with Crippen LogP contribution in [0.15, 0.2) is 91.1 Å². The first-order valence-corrected chi connectivity index (χ1v) is 9.20. The van der Waals surface area contributed by atoms with Gasteiger partial charge in [0.05, 0.1) is 11.3 Å². The van der Waals surface area contributed by atoms with Crippen molar-refractivity contribution in [2.24, 2.45) is 0 Å². The van der Waals surface area contributed by atoms with E-state index in [2.05, 4.69) is 20.6 Å². The van der Waals surface area contributed by atoms with Crippen LogP contribution in [0.2, 0.25) is 0 Å². The highest BCUT2D eigenvalue weighted by Gasteiger charge is 2.08. The molecule has 0 saturated carbocycles. The Morgan fingerprint density at radius 3 is 2.50 bits per heavy atom. The molecule has 1 aromatic heterocycles. The SMILES string of the molecule is O=C(O)c1cccc(Nc2ccnc(Nc3ccccc3Oc3ccccc3)n2)c1. The molecule has 148 valence electrons. The zero-order valence-electron chi connectivity index (χ0n) is 15.8. The fraction of sp³-hybridized carbons (Fsp3) is 0. The van der Waals surface area contributed by atoms with Gasteiger partial charge in [0.15, 0.2) is 5.75 Å². The fourth-order valence-electron chi connectivity index (χ4n) is 2.76. The minimum absolute atomic E-state index is 0.194. The third kappa shape index (κ3) is 4.71. The number of benzene rings is 3. The first-order valence-electron chi connectivity index (χ1n) is 9.20. The van der Waals surface area contributed by atoms with Crippen LogP contribution in [0.25, 0.3) is 0 Å². The molecule has 0 spiro atoms. The molecule has 0 fully saturated rings. The zero-order chi connectivity index (χ0) is 20.8. The number of anilines is 4. The summed E-state index contributed by atoms with van der Waals surface area (Å²) < 4.78 is 5.95. The van der Waals surface area contributed by atoms with E-state index in [0.29, 0.717) is 28.9 Å². The van der Waals surface area contributed by atoms with Crippen molar-refractivity contribution in [1.29, 1.82) is 0 Å². The maximum atomic E-state index is 11.2. The largest absolute Gasteiger partial charge is 0.478 e. The highest BCUT2D eigenvalue weighted by Crippen LogP contribution is 2.30. The first kappa shape index (κ1) is 18.9. The minimum atomic E-state index is -0.987. The number of para-hydroxylation sites is 3. The third-order valence-electron chi connectivity index (χ3n) is 4.14. The molecule has 0 amide bonds. The van der Waals surface area contributed by atoms with E-state index in [-0.39, 0.29) is 5.56 Å². The van der Waals surface area contributed by atoms with Gasteiger partial charge in [0.25, 0.3) is 0 Å². The number of nitrogens with zero attached hydrogens (tertiary/aromatic N) is 2. The van der Waals surface area contributed by atoms with Gasteiger partial charge in [0.2, 0.25) is 5.95 Å². The quantitative estimate of drug-likeness (QED) is 0.381. The maximum absolute atomic E-state index is 11.2. The van der Waals surface area contributed by atoms with Gasteiger partial charge in [0, 0.05) is 11.9 Å². The third-order valence-corrected chi connectivity index (χ3v) is 4.14. The van der Waals surface area contributed by atoms with Crippen molar-refractivity contribution in [3.05, 3.63) is 96.7 Å². The summed E-state index contributed by atoms with van der Waals surface area (Å²) in [6.45, 7) is 0. The second-order valence-electron chi connectivity index (χ2n) is 6.31. The van der Waals surface area contributed by atoms with Gasteiger partial charge in [-0.05, 0) is 48.5 Å². The van der Waals surface area contributed by atoms with Crippen LogP contribution in [0.3, 0.4) is 0 Å². The van der Waals surface area contributed by atoms with Crippen LogP contribution in [0.5, 0.6) is 11.5 Å². The Hall–Kier alpha value is -4.39. The summed E-state index contributed by atoms with van der Waals surface area (Å²) in [5.41, 5.74) is 1.53. The summed E-state index contributed by atoms with van der Waals surface area (Å²) in [7, 11) is 0. The van der Waals surface area contributed by atoms with Crippen LogP contribution in [0.4, 0.5) is 23.1 Å². The van der Waals surface area contributed by atoms with E-state index in [1.54, 1.807) is 30.5 Å². The van der Waals surface area contributed by atoms with Gasteiger partial charge in [-0.2, -0.15) is 4.98 Å². The van der Waals surface area contributed by atoms with E-state index in [0.717, 1.165) is 5.75 Å².